The zero-order valence-electron chi connectivity index (χ0n) is 21.5. The quantitative estimate of drug-likeness (QED) is 0.265. The second kappa shape index (κ2) is 9.99. The Bertz CT molecular complexity index is 1530. The molecule has 0 aliphatic heterocycles. The minimum absolute atomic E-state index is 0.136. The highest BCUT2D eigenvalue weighted by atomic mass is 32.2. The fraction of sp³-hybridized carbons (Fsp3) is 0.393. The number of benzene rings is 2. The van der Waals surface area contributed by atoms with Crippen LogP contribution in [-0.4, -0.2) is 44.0 Å². The molecular weight excluding hydrogens is 536 g/mol. The average molecular weight is 565 g/mol. The van der Waals surface area contributed by atoms with Gasteiger partial charge in [0.05, 0.1) is 10.9 Å². The van der Waals surface area contributed by atoms with Gasteiger partial charge < -0.3 is 9.73 Å². The molecule has 1 fully saturated rings. The Morgan fingerprint density at radius 1 is 1.08 bits per heavy atom. The molecule has 1 saturated carbocycles. The summed E-state index contributed by atoms with van der Waals surface area (Å²) in [5.74, 6) is 1.13. The molecule has 0 saturated heterocycles. The van der Waals surface area contributed by atoms with Gasteiger partial charge in [0.25, 0.3) is 0 Å². The van der Waals surface area contributed by atoms with Crippen molar-refractivity contribution < 1.29 is 35.2 Å². The summed E-state index contributed by atoms with van der Waals surface area (Å²) >= 11 is 0. The van der Waals surface area contributed by atoms with Gasteiger partial charge in [-0.3, -0.25) is 10.1 Å². The third-order valence-electron chi connectivity index (χ3n) is 6.53. The van der Waals surface area contributed by atoms with Crippen LogP contribution in [0.3, 0.4) is 0 Å². The summed E-state index contributed by atoms with van der Waals surface area (Å²) in [6.07, 6.45) is 2.12. The Balaban J connectivity index is 1.65. The third-order valence-corrected chi connectivity index (χ3v) is 7.66. The van der Waals surface area contributed by atoms with Gasteiger partial charge in [-0.1, -0.05) is 30.2 Å². The van der Waals surface area contributed by atoms with Gasteiger partial charge in [-0.25, -0.2) is 12.8 Å². The number of hydrogen-bond donors (Lipinski definition) is 2. The average Bonchev–Trinajstić information content (AvgIpc) is 3.47. The van der Waals surface area contributed by atoms with Crippen molar-refractivity contribution in [3.8, 4) is 23.5 Å². The van der Waals surface area contributed by atoms with Crippen molar-refractivity contribution in [2.24, 2.45) is 0 Å². The van der Waals surface area contributed by atoms with Crippen LogP contribution in [0.5, 0.6) is 0 Å². The van der Waals surface area contributed by atoms with Gasteiger partial charge in [0.1, 0.15) is 22.6 Å². The van der Waals surface area contributed by atoms with Crippen molar-refractivity contribution in [3.63, 3.8) is 0 Å². The highest BCUT2D eigenvalue weighted by Crippen LogP contribution is 2.38. The van der Waals surface area contributed by atoms with Gasteiger partial charge >= 0.3 is 6.18 Å². The Morgan fingerprint density at radius 2 is 1.69 bits per heavy atom. The second-order valence-corrected chi connectivity index (χ2v) is 12.5. The SMILES string of the molecule is C#CC1(NC(=O)[C@H](CC(C)(C)F)N[C@@H](c2cc3ccc(-c4ccc(S(C)(=O)=O)cc4)cc3o2)C(F)(F)F)CC1. The molecule has 39 heavy (non-hydrogen) atoms. The van der Waals surface area contributed by atoms with Crippen molar-refractivity contribution in [2.75, 3.05) is 6.26 Å². The lowest BCUT2D eigenvalue weighted by Crippen LogP contribution is -2.53. The smallest absolute Gasteiger partial charge is 0.411 e. The van der Waals surface area contributed by atoms with Gasteiger partial charge in [-0.05, 0) is 62.1 Å². The van der Waals surface area contributed by atoms with E-state index in [-0.39, 0.29) is 10.5 Å². The number of terminal acetylenes is 1. The number of hydrogen-bond acceptors (Lipinski definition) is 5. The van der Waals surface area contributed by atoms with Gasteiger partial charge in [0.15, 0.2) is 15.9 Å². The first-order chi connectivity index (χ1) is 18.0. The standard InChI is InChI=1S/C28H28F4N2O4S/c1-5-27(12-13-27)34-25(35)21(16-26(2,3)29)33-24(28(30,31)32)23-15-19-7-6-18(14-22(19)38-23)17-8-10-20(11-9-17)39(4,36)37/h1,6-11,14-15,21,24,33H,12-13,16H2,2-4H3,(H,34,35)/t21-,24-/m0/s1. The fourth-order valence-electron chi connectivity index (χ4n) is 4.27. The van der Waals surface area contributed by atoms with E-state index in [1.807, 2.05) is 0 Å². The molecule has 2 N–H and O–H groups in total. The topological polar surface area (TPSA) is 88.4 Å². The number of rotatable bonds is 9. The Kier molecular flexibility index (Phi) is 7.34. The van der Waals surface area contributed by atoms with Crippen molar-refractivity contribution in [3.05, 3.63) is 54.3 Å². The molecule has 11 heteroatoms. The molecule has 1 amide bonds. The molecule has 2 atom stereocenters. The zero-order valence-corrected chi connectivity index (χ0v) is 22.3. The Hall–Kier alpha value is -3.36. The third kappa shape index (κ3) is 6.81. The first kappa shape index (κ1) is 28.6. The minimum Gasteiger partial charge on any atom is -0.459 e. The lowest BCUT2D eigenvalue weighted by atomic mass is 9.98. The molecule has 1 aliphatic rings. The van der Waals surface area contributed by atoms with E-state index in [4.69, 9.17) is 10.8 Å². The van der Waals surface area contributed by atoms with Crippen LogP contribution in [0.15, 0.2) is 57.8 Å². The fourth-order valence-corrected chi connectivity index (χ4v) is 4.90. The number of carbonyl (C=O) groups excluding carboxylic acids is 1. The van der Waals surface area contributed by atoms with Crippen molar-refractivity contribution in [1.82, 2.24) is 10.6 Å². The first-order valence-electron chi connectivity index (χ1n) is 12.2. The summed E-state index contributed by atoms with van der Waals surface area (Å²) < 4.78 is 86.4. The van der Waals surface area contributed by atoms with E-state index in [2.05, 4.69) is 16.6 Å². The maximum atomic E-state index is 14.5. The van der Waals surface area contributed by atoms with Crippen LogP contribution in [0, 0.1) is 12.3 Å². The van der Waals surface area contributed by atoms with Crippen LogP contribution in [0.1, 0.15) is 44.9 Å². The molecule has 3 aromatic rings. The summed E-state index contributed by atoms with van der Waals surface area (Å²) in [4.78, 5) is 13.1. The summed E-state index contributed by atoms with van der Waals surface area (Å²) in [6, 6.07) is 8.12. The van der Waals surface area contributed by atoms with Crippen molar-refractivity contribution in [2.45, 2.75) is 67.5 Å². The van der Waals surface area contributed by atoms with Gasteiger partial charge in [0.2, 0.25) is 5.91 Å². The van der Waals surface area contributed by atoms with Gasteiger partial charge in [-0.2, -0.15) is 13.2 Å². The number of sulfone groups is 1. The molecule has 0 spiro atoms. The number of alkyl halides is 4. The summed E-state index contributed by atoms with van der Waals surface area (Å²) in [5, 5.41) is 5.23. The first-order valence-corrected chi connectivity index (χ1v) is 14.0. The van der Waals surface area contributed by atoms with Crippen molar-refractivity contribution in [1.29, 1.82) is 0 Å². The minimum atomic E-state index is -4.87. The van der Waals surface area contributed by atoms with Gasteiger partial charge in [-0.15, -0.1) is 6.42 Å². The lowest BCUT2D eigenvalue weighted by Gasteiger charge is -2.29. The molecule has 0 radical (unpaired) electrons. The molecule has 2 aromatic carbocycles. The van der Waals surface area contributed by atoms with E-state index in [9.17, 15) is 30.8 Å². The Morgan fingerprint density at radius 3 is 2.21 bits per heavy atom. The molecule has 208 valence electrons. The number of amides is 1. The number of fused-ring (bicyclic) bond motifs is 1. The zero-order chi connectivity index (χ0) is 28.8. The van der Waals surface area contributed by atoms with Crippen LogP contribution in [-0.2, 0) is 14.6 Å². The molecule has 4 rings (SSSR count). The second-order valence-electron chi connectivity index (χ2n) is 10.5. The monoisotopic (exact) mass is 564 g/mol. The Labute approximate surface area is 224 Å². The van der Waals surface area contributed by atoms with Crippen molar-refractivity contribution >= 4 is 26.7 Å². The molecule has 1 aromatic heterocycles. The predicted octanol–water partition coefficient (Wildman–Crippen LogP) is 5.49. The normalized spacial score (nSPS) is 16.9. The maximum absolute atomic E-state index is 14.5. The lowest BCUT2D eigenvalue weighted by molar-refractivity contribution is -0.165. The van der Waals surface area contributed by atoms with E-state index in [1.54, 1.807) is 30.3 Å². The van der Waals surface area contributed by atoms with E-state index in [0.29, 0.717) is 29.4 Å². The number of halogens is 4. The van der Waals surface area contributed by atoms with Crippen LogP contribution in [0.25, 0.3) is 22.1 Å². The van der Waals surface area contributed by atoms with E-state index in [0.717, 1.165) is 6.26 Å². The van der Waals surface area contributed by atoms with Crippen LogP contribution in [0.4, 0.5) is 17.6 Å². The number of nitrogens with one attached hydrogen (secondary N) is 2. The molecule has 1 aliphatic carbocycles. The highest BCUT2D eigenvalue weighted by Gasteiger charge is 2.48. The number of furan rings is 1. The summed E-state index contributed by atoms with van der Waals surface area (Å²) in [7, 11) is -3.39. The predicted molar refractivity (Wildman–Crippen MR) is 139 cm³/mol. The molecule has 6 nitrogen and oxygen atoms in total. The largest absolute Gasteiger partial charge is 0.459 e. The van der Waals surface area contributed by atoms with Crippen LogP contribution >= 0.6 is 0 Å². The van der Waals surface area contributed by atoms with E-state index >= 15 is 0 Å². The number of carbonyl (C=O) groups is 1. The summed E-state index contributed by atoms with van der Waals surface area (Å²) in [5.41, 5.74) is -1.48. The molecule has 0 bridgehead atoms. The van der Waals surface area contributed by atoms with E-state index < -0.39 is 57.4 Å². The highest BCUT2D eigenvalue weighted by molar-refractivity contribution is 7.90. The van der Waals surface area contributed by atoms with Crippen LogP contribution < -0.4 is 10.6 Å². The molecular formula is C28H28F4N2O4S. The summed E-state index contributed by atoms with van der Waals surface area (Å²) in [6.45, 7) is 2.35. The molecule has 1 heterocycles. The van der Waals surface area contributed by atoms with E-state index in [1.165, 1.54) is 32.0 Å². The van der Waals surface area contributed by atoms with Crippen LogP contribution in [0.2, 0.25) is 0 Å². The van der Waals surface area contributed by atoms with Gasteiger partial charge in [0, 0.05) is 18.1 Å². The molecule has 0 unspecified atom stereocenters. The maximum Gasteiger partial charge on any atom is 0.411 e.